The number of rotatable bonds is 8. The molecule has 2 atom stereocenters. The number of hydrogen-bond donors (Lipinski definition) is 1. The van der Waals surface area contributed by atoms with Crippen molar-refractivity contribution >= 4 is 11.8 Å². The molecule has 1 amide bonds. The molecule has 2 bridgehead atoms. The molecular formula is C24H29N5O2. The van der Waals surface area contributed by atoms with Crippen LogP contribution >= 0.6 is 0 Å². The number of nitrogens with one attached hydrogen (secondary N) is 1. The number of benzene rings is 1. The zero-order valence-corrected chi connectivity index (χ0v) is 17.7. The first-order valence-electron chi connectivity index (χ1n) is 11.0. The van der Waals surface area contributed by atoms with Crippen LogP contribution in [0, 0.1) is 11.3 Å². The Morgan fingerprint density at radius 1 is 1.13 bits per heavy atom. The summed E-state index contributed by atoms with van der Waals surface area (Å²) in [6, 6.07) is 14.5. The van der Waals surface area contributed by atoms with E-state index >= 15 is 0 Å². The summed E-state index contributed by atoms with van der Waals surface area (Å²) >= 11 is 0. The van der Waals surface area contributed by atoms with Crippen LogP contribution in [0.25, 0.3) is 0 Å². The van der Waals surface area contributed by atoms with Crippen molar-refractivity contribution in [2.45, 2.75) is 37.8 Å². The fourth-order valence-corrected chi connectivity index (χ4v) is 4.56. The van der Waals surface area contributed by atoms with Crippen LogP contribution in [0.5, 0.6) is 0 Å². The lowest BCUT2D eigenvalue weighted by atomic mass is 10.2. The lowest BCUT2D eigenvalue weighted by Crippen LogP contribution is -2.55. The second kappa shape index (κ2) is 10.3. The van der Waals surface area contributed by atoms with Crippen LogP contribution in [0.4, 0.5) is 10.5 Å². The minimum absolute atomic E-state index is 0.187. The minimum atomic E-state index is -0.187. The highest BCUT2D eigenvalue weighted by molar-refractivity contribution is 5.68. The smallest absolute Gasteiger partial charge is 0.409 e. The molecule has 7 heteroatoms. The molecule has 0 radical (unpaired) electrons. The van der Waals surface area contributed by atoms with E-state index in [9.17, 15) is 4.79 Å². The Hall–Kier alpha value is -3.11. The van der Waals surface area contributed by atoms with Gasteiger partial charge in [-0.3, -0.25) is 9.88 Å². The van der Waals surface area contributed by atoms with Crippen molar-refractivity contribution in [2.75, 3.05) is 38.1 Å². The quantitative estimate of drug-likeness (QED) is 0.662. The Morgan fingerprint density at radius 3 is 2.52 bits per heavy atom. The molecule has 0 aliphatic carbocycles. The summed E-state index contributed by atoms with van der Waals surface area (Å²) in [7, 11) is 0. The van der Waals surface area contributed by atoms with Gasteiger partial charge in [-0.15, -0.1) is 0 Å². The van der Waals surface area contributed by atoms with Gasteiger partial charge in [0.2, 0.25) is 0 Å². The molecule has 2 fully saturated rings. The number of pyridine rings is 1. The van der Waals surface area contributed by atoms with Crippen LogP contribution in [0.15, 0.2) is 48.8 Å². The lowest BCUT2D eigenvalue weighted by Gasteiger charge is -2.40. The van der Waals surface area contributed by atoms with Gasteiger partial charge in [-0.05, 0) is 61.2 Å². The Labute approximate surface area is 183 Å². The molecule has 162 valence electrons. The summed E-state index contributed by atoms with van der Waals surface area (Å²) in [5.41, 5.74) is 2.85. The largest absolute Gasteiger partial charge is 0.449 e. The summed E-state index contributed by atoms with van der Waals surface area (Å²) in [4.78, 5) is 21.0. The van der Waals surface area contributed by atoms with Crippen molar-refractivity contribution < 1.29 is 9.53 Å². The van der Waals surface area contributed by atoms with Crippen molar-refractivity contribution in [3.63, 3.8) is 0 Å². The van der Waals surface area contributed by atoms with Gasteiger partial charge >= 0.3 is 6.09 Å². The fraction of sp³-hybridized carbons (Fsp3) is 0.458. The van der Waals surface area contributed by atoms with Crippen molar-refractivity contribution in [1.29, 1.82) is 5.26 Å². The highest BCUT2D eigenvalue weighted by Gasteiger charge is 2.41. The zero-order chi connectivity index (χ0) is 21.5. The first-order valence-corrected chi connectivity index (χ1v) is 11.0. The van der Waals surface area contributed by atoms with Crippen LogP contribution in [0.1, 0.15) is 30.4 Å². The van der Waals surface area contributed by atoms with E-state index in [1.54, 1.807) is 12.4 Å². The summed E-state index contributed by atoms with van der Waals surface area (Å²) in [5, 5.41) is 12.3. The van der Waals surface area contributed by atoms with Gasteiger partial charge in [0, 0.05) is 62.8 Å². The number of anilines is 1. The third-order valence-corrected chi connectivity index (χ3v) is 6.19. The number of nitrogens with zero attached hydrogens (tertiary/aromatic N) is 4. The van der Waals surface area contributed by atoms with Crippen molar-refractivity contribution in [3.8, 4) is 6.07 Å². The van der Waals surface area contributed by atoms with Gasteiger partial charge in [0.1, 0.15) is 0 Å². The Morgan fingerprint density at radius 2 is 1.84 bits per heavy atom. The maximum atomic E-state index is 12.5. The summed E-state index contributed by atoms with van der Waals surface area (Å²) in [6.45, 7) is 3.84. The molecule has 7 nitrogen and oxygen atoms in total. The van der Waals surface area contributed by atoms with Crippen LogP contribution in [-0.4, -0.2) is 65.7 Å². The zero-order valence-electron chi connectivity index (χ0n) is 17.7. The summed E-state index contributed by atoms with van der Waals surface area (Å²) in [6.07, 6.45) is 7.38. The first kappa shape index (κ1) is 21.1. The van der Waals surface area contributed by atoms with E-state index in [4.69, 9.17) is 10.00 Å². The van der Waals surface area contributed by atoms with Crippen LogP contribution in [0.2, 0.25) is 0 Å². The van der Waals surface area contributed by atoms with Gasteiger partial charge in [0.05, 0.1) is 18.2 Å². The topological polar surface area (TPSA) is 81.5 Å². The number of nitriles is 1. The highest BCUT2D eigenvalue weighted by Crippen LogP contribution is 2.30. The Balaban J connectivity index is 1.17. The molecule has 1 aromatic carbocycles. The number of aromatic nitrogens is 1. The summed E-state index contributed by atoms with van der Waals surface area (Å²) in [5.74, 6) is 0. The summed E-state index contributed by atoms with van der Waals surface area (Å²) < 4.78 is 5.53. The van der Waals surface area contributed by atoms with Gasteiger partial charge in [-0.1, -0.05) is 0 Å². The SMILES string of the molecule is N#Cc1ccc(NCCCN2C3CCC2CN(C(=O)OCCc2ccncc2)C3)cc1. The van der Waals surface area contributed by atoms with E-state index < -0.39 is 0 Å². The maximum absolute atomic E-state index is 12.5. The molecule has 1 aromatic heterocycles. The van der Waals surface area contributed by atoms with E-state index in [1.165, 1.54) is 0 Å². The van der Waals surface area contributed by atoms with Gasteiger partial charge in [0.25, 0.3) is 0 Å². The molecule has 2 unspecified atom stereocenters. The molecule has 3 heterocycles. The van der Waals surface area contributed by atoms with E-state index in [-0.39, 0.29) is 6.09 Å². The van der Waals surface area contributed by atoms with Gasteiger partial charge < -0.3 is 15.0 Å². The second-order valence-corrected chi connectivity index (χ2v) is 8.22. The first-order chi connectivity index (χ1) is 15.2. The van der Waals surface area contributed by atoms with Crippen molar-refractivity contribution in [1.82, 2.24) is 14.8 Å². The molecule has 2 aliphatic rings. The number of amides is 1. The maximum Gasteiger partial charge on any atom is 0.409 e. The Kier molecular flexibility index (Phi) is 7.00. The third-order valence-electron chi connectivity index (χ3n) is 6.19. The molecule has 31 heavy (non-hydrogen) atoms. The lowest BCUT2D eigenvalue weighted by molar-refractivity contribution is 0.0460. The monoisotopic (exact) mass is 419 g/mol. The van der Waals surface area contributed by atoms with Gasteiger partial charge in [-0.2, -0.15) is 5.26 Å². The molecule has 0 saturated carbocycles. The van der Waals surface area contributed by atoms with E-state index in [2.05, 4.69) is 21.3 Å². The standard InChI is InChI=1S/C24H29N5O2/c25-16-20-2-4-21(5-3-20)27-11-1-14-29-22-6-7-23(29)18-28(17-22)24(30)31-15-10-19-8-12-26-13-9-19/h2-5,8-9,12-13,22-23,27H,1,6-7,10-11,14-15,17-18H2. The molecule has 0 spiro atoms. The predicted molar refractivity (Wildman–Crippen MR) is 119 cm³/mol. The van der Waals surface area contributed by atoms with Gasteiger partial charge in [-0.25, -0.2) is 4.79 Å². The average molecular weight is 420 g/mol. The molecule has 2 aliphatic heterocycles. The minimum Gasteiger partial charge on any atom is -0.449 e. The van der Waals surface area contributed by atoms with Crippen LogP contribution in [-0.2, 0) is 11.2 Å². The van der Waals surface area contributed by atoms with Gasteiger partial charge in [0.15, 0.2) is 0 Å². The third kappa shape index (κ3) is 5.53. The number of carbonyl (C=O) groups excluding carboxylic acids is 1. The van der Waals surface area contributed by atoms with E-state index in [0.29, 0.717) is 30.7 Å². The number of likely N-dealkylation sites (tertiary alicyclic amines) is 1. The number of piperazine rings is 1. The molecule has 2 saturated heterocycles. The molecule has 1 N–H and O–H groups in total. The normalized spacial score (nSPS) is 20.3. The Bertz CT molecular complexity index is 882. The molecular weight excluding hydrogens is 390 g/mol. The second-order valence-electron chi connectivity index (χ2n) is 8.22. The number of fused-ring (bicyclic) bond motifs is 2. The number of carbonyl (C=O) groups is 1. The average Bonchev–Trinajstić information content (AvgIpc) is 3.04. The number of hydrogen-bond acceptors (Lipinski definition) is 6. The molecule has 2 aromatic rings. The predicted octanol–water partition coefficient (Wildman–Crippen LogP) is 3.28. The van der Waals surface area contributed by atoms with Crippen molar-refractivity contribution in [3.05, 3.63) is 59.9 Å². The molecule has 4 rings (SSSR count). The fourth-order valence-electron chi connectivity index (χ4n) is 4.56. The van der Waals surface area contributed by atoms with E-state index in [0.717, 1.165) is 56.7 Å². The highest BCUT2D eigenvalue weighted by atomic mass is 16.6. The van der Waals surface area contributed by atoms with E-state index in [1.807, 2.05) is 41.3 Å². The number of ether oxygens (including phenoxy) is 1. The van der Waals surface area contributed by atoms with Crippen LogP contribution < -0.4 is 5.32 Å². The van der Waals surface area contributed by atoms with Crippen LogP contribution in [0.3, 0.4) is 0 Å². The van der Waals surface area contributed by atoms with Crippen molar-refractivity contribution in [2.24, 2.45) is 0 Å².